The molecule has 0 heterocycles. The minimum absolute atomic E-state index is 0.466. The van der Waals surface area contributed by atoms with Gasteiger partial charge < -0.3 is 5.73 Å². The molecule has 1 heteroatoms. The highest BCUT2D eigenvalue weighted by Gasteiger charge is 2.50. The van der Waals surface area contributed by atoms with Gasteiger partial charge in [-0.25, -0.2) is 0 Å². The van der Waals surface area contributed by atoms with Crippen LogP contribution in [0.25, 0.3) is 0 Å². The Bertz CT molecular complexity index is 319. The number of aryl methyl sites for hydroxylation is 1. The summed E-state index contributed by atoms with van der Waals surface area (Å²) in [6.07, 6.45) is 2.55. The van der Waals surface area contributed by atoms with E-state index in [4.69, 9.17) is 5.73 Å². The van der Waals surface area contributed by atoms with Crippen LogP contribution in [0.4, 0.5) is 0 Å². The van der Waals surface area contributed by atoms with Crippen molar-refractivity contribution >= 4 is 0 Å². The van der Waals surface area contributed by atoms with Gasteiger partial charge >= 0.3 is 0 Å². The van der Waals surface area contributed by atoms with E-state index in [-0.39, 0.29) is 0 Å². The molecule has 2 aliphatic rings. The molecule has 1 aromatic carbocycles. The van der Waals surface area contributed by atoms with Crippen molar-refractivity contribution in [3.63, 3.8) is 0 Å². The summed E-state index contributed by atoms with van der Waals surface area (Å²) in [7, 11) is 0. The average Bonchev–Trinajstić information content (AvgIpc) is 2.78. The number of rotatable bonds is 0. The highest BCUT2D eigenvalue weighted by Crippen LogP contribution is 2.53. The molecule has 12 heavy (non-hydrogen) atoms. The second-order valence-corrected chi connectivity index (χ2v) is 4.00. The standard InChI is InChI=1S/C11H13N/c12-11-9-6-5-7-3-1-2-4-8(7)10(9)11/h1-4,9-11H,5-6,12H2/t9-,10+,11+/m0/s1. The Morgan fingerprint density at radius 2 is 2.08 bits per heavy atom. The first-order valence-electron chi connectivity index (χ1n) is 4.71. The van der Waals surface area contributed by atoms with Crippen LogP contribution in [-0.2, 0) is 6.42 Å². The fourth-order valence-electron chi connectivity index (χ4n) is 2.62. The van der Waals surface area contributed by atoms with E-state index in [1.165, 1.54) is 24.0 Å². The number of hydrogen-bond acceptors (Lipinski definition) is 1. The van der Waals surface area contributed by atoms with Gasteiger partial charge in [-0.3, -0.25) is 0 Å². The lowest BCUT2D eigenvalue weighted by Gasteiger charge is -2.13. The number of benzene rings is 1. The summed E-state index contributed by atoms with van der Waals surface area (Å²) in [6.45, 7) is 0. The molecule has 1 nitrogen and oxygen atoms in total. The van der Waals surface area contributed by atoms with E-state index in [0.29, 0.717) is 12.0 Å². The fraction of sp³-hybridized carbons (Fsp3) is 0.455. The molecule has 0 amide bonds. The molecule has 0 aliphatic heterocycles. The van der Waals surface area contributed by atoms with Crippen LogP contribution < -0.4 is 5.73 Å². The molecule has 0 aromatic heterocycles. The van der Waals surface area contributed by atoms with E-state index < -0.39 is 0 Å². The topological polar surface area (TPSA) is 26.0 Å². The lowest BCUT2D eigenvalue weighted by molar-refractivity contribution is 0.658. The molecule has 1 saturated carbocycles. The first kappa shape index (κ1) is 6.67. The molecular formula is C11H13N. The Morgan fingerprint density at radius 1 is 1.25 bits per heavy atom. The lowest BCUT2D eigenvalue weighted by Crippen LogP contribution is -2.02. The van der Waals surface area contributed by atoms with E-state index in [2.05, 4.69) is 24.3 Å². The fourth-order valence-corrected chi connectivity index (χ4v) is 2.62. The minimum atomic E-state index is 0.466. The average molecular weight is 159 g/mol. The largest absolute Gasteiger partial charge is 0.327 e. The summed E-state index contributed by atoms with van der Waals surface area (Å²) in [5, 5.41) is 0. The van der Waals surface area contributed by atoms with Gasteiger partial charge in [-0.1, -0.05) is 24.3 Å². The van der Waals surface area contributed by atoms with Gasteiger partial charge in [0.05, 0.1) is 0 Å². The van der Waals surface area contributed by atoms with Crippen molar-refractivity contribution in [1.29, 1.82) is 0 Å². The second-order valence-electron chi connectivity index (χ2n) is 4.00. The van der Waals surface area contributed by atoms with Crippen molar-refractivity contribution in [3.8, 4) is 0 Å². The summed E-state index contributed by atoms with van der Waals surface area (Å²) >= 11 is 0. The van der Waals surface area contributed by atoms with Gasteiger partial charge in [0.15, 0.2) is 0 Å². The Hall–Kier alpha value is -0.820. The third-order valence-electron chi connectivity index (χ3n) is 3.39. The van der Waals surface area contributed by atoms with Crippen LogP contribution in [0.2, 0.25) is 0 Å². The van der Waals surface area contributed by atoms with E-state index in [0.717, 1.165) is 5.92 Å². The Labute approximate surface area is 72.6 Å². The van der Waals surface area contributed by atoms with Crippen molar-refractivity contribution in [2.75, 3.05) is 0 Å². The third-order valence-corrected chi connectivity index (χ3v) is 3.39. The van der Waals surface area contributed by atoms with Crippen molar-refractivity contribution in [3.05, 3.63) is 35.4 Å². The van der Waals surface area contributed by atoms with Gasteiger partial charge in [-0.2, -0.15) is 0 Å². The maximum Gasteiger partial charge on any atom is 0.0146 e. The molecule has 0 bridgehead atoms. The maximum atomic E-state index is 5.99. The highest BCUT2D eigenvalue weighted by atomic mass is 14.8. The molecule has 0 spiro atoms. The summed E-state index contributed by atoms with van der Waals surface area (Å²) in [6, 6.07) is 9.23. The lowest BCUT2D eigenvalue weighted by atomic mass is 9.92. The van der Waals surface area contributed by atoms with Crippen LogP contribution in [0.5, 0.6) is 0 Å². The van der Waals surface area contributed by atoms with Gasteiger partial charge in [0.25, 0.3) is 0 Å². The summed E-state index contributed by atoms with van der Waals surface area (Å²) < 4.78 is 0. The van der Waals surface area contributed by atoms with Gasteiger partial charge in [0.1, 0.15) is 0 Å². The predicted molar refractivity (Wildman–Crippen MR) is 49.0 cm³/mol. The molecule has 2 aliphatic carbocycles. The van der Waals surface area contributed by atoms with Crippen molar-refractivity contribution < 1.29 is 0 Å². The van der Waals surface area contributed by atoms with Crippen LogP contribution in [0, 0.1) is 5.92 Å². The van der Waals surface area contributed by atoms with E-state index in [9.17, 15) is 0 Å². The molecule has 0 radical (unpaired) electrons. The van der Waals surface area contributed by atoms with Crippen LogP contribution >= 0.6 is 0 Å². The zero-order valence-electron chi connectivity index (χ0n) is 7.03. The van der Waals surface area contributed by atoms with Crippen molar-refractivity contribution in [2.45, 2.75) is 24.8 Å². The molecule has 1 aromatic rings. The van der Waals surface area contributed by atoms with Crippen LogP contribution in [0.15, 0.2) is 24.3 Å². The Morgan fingerprint density at radius 3 is 3.00 bits per heavy atom. The first-order chi connectivity index (χ1) is 5.88. The van der Waals surface area contributed by atoms with Crippen LogP contribution in [0.3, 0.4) is 0 Å². The molecular weight excluding hydrogens is 146 g/mol. The van der Waals surface area contributed by atoms with Gasteiger partial charge in [-0.15, -0.1) is 0 Å². The molecule has 0 saturated heterocycles. The monoisotopic (exact) mass is 159 g/mol. The first-order valence-corrected chi connectivity index (χ1v) is 4.71. The molecule has 2 N–H and O–H groups in total. The zero-order chi connectivity index (χ0) is 8.13. The van der Waals surface area contributed by atoms with Crippen LogP contribution in [0.1, 0.15) is 23.5 Å². The Balaban J connectivity index is 2.10. The maximum absolute atomic E-state index is 5.99. The quantitative estimate of drug-likeness (QED) is 0.612. The zero-order valence-corrected chi connectivity index (χ0v) is 7.03. The molecule has 3 atom stereocenters. The van der Waals surface area contributed by atoms with Gasteiger partial charge in [0.2, 0.25) is 0 Å². The van der Waals surface area contributed by atoms with Crippen molar-refractivity contribution in [1.82, 2.24) is 0 Å². The van der Waals surface area contributed by atoms with E-state index in [1.807, 2.05) is 0 Å². The SMILES string of the molecule is N[C@@H]1[C@H]2CCc3ccccc3[C@@H]12. The molecule has 1 fully saturated rings. The normalized spacial score (nSPS) is 36.9. The second kappa shape index (κ2) is 2.11. The van der Waals surface area contributed by atoms with E-state index in [1.54, 1.807) is 0 Å². The Kier molecular flexibility index (Phi) is 1.17. The molecule has 0 unspecified atom stereocenters. The van der Waals surface area contributed by atoms with Gasteiger partial charge in [-0.05, 0) is 29.9 Å². The van der Waals surface area contributed by atoms with Crippen molar-refractivity contribution in [2.24, 2.45) is 11.7 Å². The van der Waals surface area contributed by atoms with E-state index >= 15 is 0 Å². The summed E-state index contributed by atoms with van der Waals surface area (Å²) in [5.41, 5.74) is 9.05. The summed E-state index contributed by atoms with van der Waals surface area (Å²) in [4.78, 5) is 0. The van der Waals surface area contributed by atoms with Crippen LogP contribution in [-0.4, -0.2) is 6.04 Å². The number of fused-ring (bicyclic) bond motifs is 3. The predicted octanol–water partition coefficient (Wildman–Crippen LogP) is 1.67. The minimum Gasteiger partial charge on any atom is -0.327 e. The van der Waals surface area contributed by atoms with Gasteiger partial charge in [0, 0.05) is 12.0 Å². The number of nitrogens with two attached hydrogens (primary N) is 1. The summed E-state index contributed by atoms with van der Waals surface area (Å²) in [5.74, 6) is 1.51. The number of hydrogen-bond donors (Lipinski definition) is 1. The highest BCUT2D eigenvalue weighted by molar-refractivity contribution is 5.40. The molecule has 3 rings (SSSR count). The molecule has 62 valence electrons. The smallest absolute Gasteiger partial charge is 0.0146 e. The third kappa shape index (κ3) is 0.721.